The van der Waals surface area contributed by atoms with Crippen LogP contribution in [0.4, 0.5) is 0 Å². The molecule has 3 aromatic heterocycles. The molecular weight excluding hydrogens is 354 g/mol. The Labute approximate surface area is 151 Å². The summed E-state index contributed by atoms with van der Waals surface area (Å²) < 4.78 is 2.16. The molecule has 0 spiro atoms. The van der Waals surface area contributed by atoms with Crippen molar-refractivity contribution in [3.8, 4) is 0 Å². The minimum Gasteiger partial charge on any atom is -0.360 e. The molecule has 3 heterocycles. The van der Waals surface area contributed by atoms with Crippen LogP contribution in [0.5, 0.6) is 0 Å². The number of para-hydroxylation sites is 1. The van der Waals surface area contributed by atoms with Crippen molar-refractivity contribution in [2.45, 2.75) is 17.3 Å². The molecule has 7 heteroatoms. The van der Waals surface area contributed by atoms with E-state index in [1.807, 2.05) is 42.6 Å². The first-order chi connectivity index (χ1) is 12.1. The Morgan fingerprint density at radius 1 is 1.32 bits per heavy atom. The number of fused-ring (bicyclic) bond motifs is 2. The predicted octanol–water partition coefficient (Wildman–Crippen LogP) is 3.84. The van der Waals surface area contributed by atoms with Gasteiger partial charge >= 0.3 is 0 Å². The lowest BCUT2D eigenvalue weighted by Crippen LogP contribution is -2.21. The summed E-state index contributed by atoms with van der Waals surface area (Å²) in [5.41, 5.74) is 2.21. The van der Waals surface area contributed by atoms with E-state index < -0.39 is 0 Å². The van der Waals surface area contributed by atoms with Crippen LogP contribution in [-0.4, -0.2) is 25.6 Å². The van der Waals surface area contributed by atoms with Crippen molar-refractivity contribution in [1.82, 2.24) is 14.5 Å². The first kappa shape index (κ1) is 16.1. The number of aromatic nitrogens is 3. The van der Waals surface area contributed by atoms with E-state index in [0.717, 1.165) is 10.9 Å². The molecule has 0 fully saturated rings. The van der Waals surface area contributed by atoms with E-state index >= 15 is 0 Å². The number of carbonyl (C=O) groups excluding carboxylic acids is 1. The van der Waals surface area contributed by atoms with Crippen LogP contribution in [-0.2, 0) is 7.05 Å². The third-order valence-electron chi connectivity index (χ3n) is 4.15. The van der Waals surface area contributed by atoms with E-state index in [4.69, 9.17) is 0 Å². The number of aromatic amines is 1. The van der Waals surface area contributed by atoms with Crippen LogP contribution in [0, 0.1) is 0 Å². The third-order valence-corrected chi connectivity index (χ3v) is 6.19. The second kappa shape index (κ2) is 6.16. The second-order valence-corrected chi connectivity index (χ2v) is 7.99. The maximum absolute atomic E-state index is 12.9. The second-order valence-electron chi connectivity index (χ2n) is 5.77. The fourth-order valence-electron chi connectivity index (χ4n) is 2.78. The number of H-pyrrole nitrogens is 1. The first-order valence-corrected chi connectivity index (χ1v) is 9.53. The molecule has 1 unspecified atom stereocenters. The lowest BCUT2D eigenvalue weighted by atomic mass is 10.1. The van der Waals surface area contributed by atoms with Gasteiger partial charge in [0.1, 0.15) is 4.70 Å². The van der Waals surface area contributed by atoms with Gasteiger partial charge in [-0.15, -0.1) is 11.3 Å². The first-order valence-electron chi connectivity index (χ1n) is 7.77. The summed E-state index contributed by atoms with van der Waals surface area (Å²) >= 11 is 2.70. The number of nitrogens with zero attached hydrogens (tertiary/aromatic N) is 2. The molecule has 126 valence electrons. The summed E-state index contributed by atoms with van der Waals surface area (Å²) in [6.07, 6.45) is 1.75. The molecule has 0 saturated heterocycles. The fraction of sp³-hybridized carbons (Fsp3) is 0.167. The number of hydrogen-bond acceptors (Lipinski definition) is 5. The average Bonchev–Trinajstić information content (AvgIpc) is 3.25. The van der Waals surface area contributed by atoms with Gasteiger partial charge < -0.3 is 4.98 Å². The van der Waals surface area contributed by atoms with Crippen LogP contribution in [0.1, 0.15) is 17.3 Å². The summed E-state index contributed by atoms with van der Waals surface area (Å²) in [4.78, 5) is 32.9. The van der Waals surface area contributed by atoms with Gasteiger partial charge in [-0.25, -0.2) is 4.98 Å². The molecule has 0 bridgehead atoms. The number of Topliss-reactive ketones (excluding diaryl/α,β-unsaturated/α-hetero) is 1. The van der Waals surface area contributed by atoms with Gasteiger partial charge in [-0.1, -0.05) is 30.0 Å². The standard InChI is InChI=1S/C18H15N3O2S2/c1-10(15(22)12-9-19-13-6-4-3-5-11(12)13)25-18-20-14-7-8-24-16(14)17(23)21(18)2/h3-10,19H,1-2H3. The molecule has 0 aliphatic carbocycles. The quantitative estimate of drug-likeness (QED) is 0.337. The molecule has 1 N–H and O–H groups in total. The highest BCUT2D eigenvalue weighted by Gasteiger charge is 2.22. The van der Waals surface area contributed by atoms with Gasteiger partial charge in [0.25, 0.3) is 5.56 Å². The number of carbonyl (C=O) groups is 1. The zero-order valence-corrected chi connectivity index (χ0v) is 15.3. The van der Waals surface area contributed by atoms with Gasteiger partial charge in [-0.05, 0) is 24.4 Å². The number of benzene rings is 1. The number of thiophene rings is 1. The topological polar surface area (TPSA) is 67.8 Å². The number of hydrogen-bond donors (Lipinski definition) is 1. The van der Waals surface area contributed by atoms with E-state index in [-0.39, 0.29) is 16.6 Å². The molecule has 0 aliphatic heterocycles. The van der Waals surface area contributed by atoms with Gasteiger partial charge in [0, 0.05) is 29.7 Å². The Morgan fingerprint density at radius 3 is 2.96 bits per heavy atom. The lowest BCUT2D eigenvalue weighted by Gasteiger charge is -2.12. The van der Waals surface area contributed by atoms with Gasteiger partial charge in [0.2, 0.25) is 0 Å². The van der Waals surface area contributed by atoms with Crippen LogP contribution in [0.15, 0.2) is 51.9 Å². The largest absolute Gasteiger partial charge is 0.360 e. The van der Waals surface area contributed by atoms with Crippen molar-refractivity contribution in [1.29, 1.82) is 0 Å². The van der Waals surface area contributed by atoms with Crippen molar-refractivity contribution in [3.63, 3.8) is 0 Å². The molecule has 5 nitrogen and oxygen atoms in total. The highest BCUT2D eigenvalue weighted by molar-refractivity contribution is 8.00. The van der Waals surface area contributed by atoms with E-state index in [0.29, 0.717) is 20.9 Å². The Morgan fingerprint density at radius 2 is 2.12 bits per heavy atom. The van der Waals surface area contributed by atoms with E-state index in [1.165, 1.54) is 27.7 Å². The molecule has 0 saturated carbocycles. The SMILES string of the molecule is CC(Sc1nc2ccsc2c(=O)n1C)C(=O)c1c[nH]c2ccccc12. The zero-order valence-electron chi connectivity index (χ0n) is 13.6. The average molecular weight is 369 g/mol. The molecule has 4 aromatic rings. The van der Waals surface area contributed by atoms with Crippen molar-refractivity contribution < 1.29 is 4.79 Å². The highest BCUT2D eigenvalue weighted by Crippen LogP contribution is 2.28. The molecule has 0 radical (unpaired) electrons. The number of rotatable bonds is 4. The van der Waals surface area contributed by atoms with Crippen molar-refractivity contribution >= 4 is 50.0 Å². The fourth-order valence-corrected chi connectivity index (χ4v) is 4.53. The van der Waals surface area contributed by atoms with Crippen LogP contribution in [0.3, 0.4) is 0 Å². The Bertz CT molecular complexity index is 1160. The highest BCUT2D eigenvalue weighted by atomic mass is 32.2. The van der Waals surface area contributed by atoms with Gasteiger partial charge in [0.05, 0.1) is 10.8 Å². The summed E-state index contributed by atoms with van der Waals surface area (Å²) in [7, 11) is 1.69. The third kappa shape index (κ3) is 2.69. The molecule has 1 aromatic carbocycles. The minimum absolute atomic E-state index is 0.0158. The van der Waals surface area contributed by atoms with Gasteiger partial charge in [-0.2, -0.15) is 0 Å². The molecule has 4 rings (SSSR count). The van der Waals surface area contributed by atoms with Gasteiger partial charge in [0.15, 0.2) is 10.9 Å². The summed E-state index contributed by atoms with van der Waals surface area (Å²) in [6.45, 7) is 1.85. The summed E-state index contributed by atoms with van der Waals surface area (Å²) in [6, 6.07) is 9.56. The van der Waals surface area contributed by atoms with E-state index in [1.54, 1.807) is 13.2 Å². The number of thioether (sulfide) groups is 1. The molecule has 0 amide bonds. The van der Waals surface area contributed by atoms with Crippen LogP contribution >= 0.6 is 23.1 Å². The Balaban J connectivity index is 1.68. The van der Waals surface area contributed by atoms with Crippen LogP contribution in [0.25, 0.3) is 21.1 Å². The van der Waals surface area contributed by atoms with Crippen LogP contribution < -0.4 is 5.56 Å². The molecule has 25 heavy (non-hydrogen) atoms. The van der Waals surface area contributed by atoms with E-state index in [2.05, 4.69) is 9.97 Å². The van der Waals surface area contributed by atoms with Crippen LogP contribution in [0.2, 0.25) is 0 Å². The van der Waals surface area contributed by atoms with E-state index in [9.17, 15) is 9.59 Å². The van der Waals surface area contributed by atoms with Crippen molar-refractivity contribution in [3.05, 3.63) is 57.8 Å². The molecular formula is C18H15N3O2S2. The predicted molar refractivity (Wildman–Crippen MR) is 103 cm³/mol. The number of ketones is 1. The normalized spacial score (nSPS) is 12.7. The summed E-state index contributed by atoms with van der Waals surface area (Å²) in [5, 5.41) is 2.97. The van der Waals surface area contributed by atoms with Gasteiger partial charge in [-0.3, -0.25) is 14.2 Å². The minimum atomic E-state index is -0.353. The smallest absolute Gasteiger partial charge is 0.271 e. The Hall–Kier alpha value is -2.38. The van der Waals surface area contributed by atoms with Crippen molar-refractivity contribution in [2.24, 2.45) is 7.05 Å². The lowest BCUT2D eigenvalue weighted by molar-refractivity contribution is 0.0995. The molecule has 0 aliphatic rings. The Kier molecular flexibility index (Phi) is 3.97. The monoisotopic (exact) mass is 369 g/mol. The maximum atomic E-state index is 12.9. The summed E-state index contributed by atoms with van der Waals surface area (Å²) in [5.74, 6) is 0.0158. The zero-order chi connectivity index (χ0) is 17.6. The maximum Gasteiger partial charge on any atom is 0.271 e. The number of nitrogens with one attached hydrogen (secondary N) is 1. The molecule has 1 atom stereocenters. The van der Waals surface area contributed by atoms with Crippen molar-refractivity contribution in [2.75, 3.05) is 0 Å².